The van der Waals surface area contributed by atoms with Gasteiger partial charge in [0.25, 0.3) is 0 Å². The number of ether oxygens (including phenoxy) is 1. The third kappa shape index (κ3) is 3.95. The molecule has 0 fully saturated rings. The van der Waals surface area contributed by atoms with E-state index in [2.05, 4.69) is 4.74 Å². The van der Waals surface area contributed by atoms with Gasteiger partial charge in [-0.3, -0.25) is 4.79 Å². The molecule has 1 aromatic carbocycles. The normalized spacial score (nSPS) is 11.6. The maximum Gasteiger partial charge on any atom is 0.309 e. The van der Waals surface area contributed by atoms with Crippen molar-refractivity contribution in [3.05, 3.63) is 28.8 Å². The van der Waals surface area contributed by atoms with Gasteiger partial charge in [0, 0.05) is 10.6 Å². The fraction of sp³-hybridized carbons (Fsp3) is 0.333. The lowest BCUT2D eigenvalue weighted by molar-refractivity contribution is -0.143. The van der Waals surface area contributed by atoms with Crippen LogP contribution in [0.3, 0.4) is 0 Å². The van der Waals surface area contributed by atoms with E-state index in [1.807, 2.05) is 19.1 Å². The Morgan fingerprint density at radius 1 is 1.65 bits per heavy atom. The van der Waals surface area contributed by atoms with Crippen LogP contribution in [-0.4, -0.2) is 18.8 Å². The molecule has 0 aliphatic heterocycles. The lowest BCUT2D eigenvalue weighted by atomic mass is 10.2. The molecule has 0 spiro atoms. The molecule has 0 amide bonds. The van der Waals surface area contributed by atoms with Crippen LogP contribution < -0.4 is 0 Å². The van der Waals surface area contributed by atoms with Crippen molar-refractivity contribution in [3.63, 3.8) is 0 Å². The van der Waals surface area contributed by atoms with E-state index in [-0.39, 0.29) is 11.9 Å². The average molecular weight is 270 g/mol. The molecule has 0 bridgehead atoms. The molecule has 1 aromatic rings. The maximum absolute atomic E-state index is 11.2. The van der Waals surface area contributed by atoms with E-state index in [0.717, 1.165) is 4.90 Å². The van der Waals surface area contributed by atoms with E-state index < -0.39 is 0 Å². The third-order valence-corrected chi connectivity index (χ3v) is 3.73. The van der Waals surface area contributed by atoms with Gasteiger partial charge in [-0.25, -0.2) is 0 Å². The van der Waals surface area contributed by atoms with Gasteiger partial charge in [-0.2, -0.15) is 5.26 Å². The predicted octanol–water partition coefficient (Wildman–Crippen LogP) is 3.11. The smallest absolute Gasteiger partial charge is 0.309 e. The number of nitrogens with zero attached hydrogens (tertiary/aromatic N) is 1. The molecule has 0 heterocycles. The zero-order valence-corrected chi connectivity index (χ0v) is 11.1. The highest BCUT2D eigenvalue weighted by Gasteiger charge is 2.13. The number of hydrogen-bond donors (Lipinski definition) is 0. The van der Waals surface area contributed by atoms with Gasteiger partial charge >= 0.3 is 5.97 Å². The van der Waals surface area contributed by atoms with E-state index in [9.17, 15) is 4.79 Å². The average Bonchev–Trinajstić information content (AvgIpc) is 2.35. The van der Waals surface area contributed by atoms with Crippen molar-refractivity contribution in [2.24, 2.45) is 5.92 Å². The van der Waals surface area contributed by atoms with E-state index in [1.165, 1.54) is 18.9 Å². The second-order valence-electron chi connectivity index (χ2n) is 3.49. The minimum absolute atomic E-state index is 0.167. The van der Waals surface area contributed by atoms with Crippen molar-refractivity contribution in [2.45, 2.75) is 11.8 Å². The summed E-state index contributed by atoms with van der Waals surface area (Å²) in [6.45, 7) is 1.81. The number of nitriles is 1. The first-order valence-corrected chi connectivity index (χ1v) is 6.35. The summed E-state index contributed by atoms with van der Waals surface area (Å²) in [4.78, 5) is 12.1. The molecule has 5 heteroatoms. The first-order chi connectivity index (χ1) is 8.08. The van der Waals surface area contributed by atoms with Crippen LogP contribution in [0, 0.1) is 17.2 Å². The number of esters is 1. The fourth-order valence-electron chi connectivity index (χ4n) is 1.17. The number of halogens is 1. The van der Waals surface area contributed by atoms with Crippen molar-refractivity contribution in [3.8, 4) is 6.07 Å². The highest BCUT2D eigenvalue weighted by Crippen LogP contribution is 2.26. The Bertz CT molecular complexity index is 456. The van der Waals surface area contributed by atoms with Gasteiger partial charge < -0.3 is 4.74 Å². The summed E-state index contributed by atoms with van der Waals surface area (Å²) in [6.07, 6.45) is 0. The Morgan fingerprint density at radius 2 is 2.35 bits per heavy atom. The van der Waals surface area contributed by atoms with Crippen LogP contribution in [0.4, 0.5) is 0 Å². The molecule has 0 radical (unpaired) electrons. The maximum atomic E-state index is 11.2. The summed E-state index contributed by atoms with van der Waals surface area (Å²) >= 11 is 7.42. The highest BCUT2D eigenvalue weighted by molar-refractivity contribution is 7.99. The van der Waals surface area contributed by atoms with Gasteiger partial charge in [-0.15, -0.1) is 11.8 Å². The molecular formula is C12H12ClNO2S. The molecule has 0 aliphatic rings. The first kappa shape index (κ1) is 13.9. The largest absolute Gasteiger partial charge is 0.469 e. The summed E-state index contributed by atoms with van der Waals surface area (Å²) in [5.41, 5.74) is 0.456. The van der Waals surface area contributed by atoms with Crippen LogP contribution in [-0.2, 0) is 9.53 Å². The van der Waals surface area contributed by atoms with E-state index in [1.54, 1.807) is 12.1 Å². The van der Waals surface area contributed by atoms with Crippen LogP contribution in [0.2, 0.25) is 5.02 Å². The number of thioether (sulfide) groups is 1. The van der Waals surface area contributed by atoms with E-state index in [4.69, 9.17) is 16.9 Å². The minimum atomic E-state index is -0.225. The zero-order chi connectivity index (χ0) is 12.8. The number of carbonyl (C=O) groups is 1. The molecule has 1 unspecified atom stereocenters. The van der Waals surface area contributed by atoms with E-state index in [0.29, 0.717) is 16.3 Å². The molecule has 1 rings (SSSR count). The minimum Gasteiger partial charge on any atom is -0.469 e. The zero-order valence-electron chi connectivity index (χ0n) is 9.57. The molecule has 1 atom stereocenters. The lowest BCUT2D eigenvalue weighted by Crippen LogP contribution is -2.14. The number of methoxy groups -OCH3 is 1. The molecule has 90 valence electrons. The van der Waals surface area contributed by atoms with Crippen LogP contribution >= 0.6 is 23.4 Å². The molecule has 0 aliphatic carbocycles. The lowest BCUT2D eigenvalue weighted by Gasteiger charge is -2.08. The molecule has 0 saturated heterocycles. The number of carbonyl (C=O) groups excluding carboxylic acids is 1. The highest BCUT2D eigenvalue weighted by atomic mass is 35.5. The van der Waals surface area contributed by atoms with Crippen molar-refractivity contribution in [1.29, 1.82) is 5.26 Å². The molecule has 0 N–H and O–H groups in total. The Balaban J connectivity index is 2.62. The summed E-state index contributed by atoms with van der Waals surface area (Å²) < 4.78 is 4.64. The summed E-state index contributed by atoms with van der Waals surface area (Å²) in [7, 11) is 1.38. The molecule has 0 aromatic heterocycles. The Labute approximate surface area is 110 Å². The van der Waals surface area contributed by atoms with Crippen molar-refractivity contribution in [2.75, 3.05) is 12.9 Å². The molecule has 3 nitrogen and oxygen atoms in total. The van der Waals surface area contributed by atoms with Crippen LogP contribution in [0.1, 0.15) is 12.5 Å². The quantitative estimate of drug-likeness (QED) is 0.622. The Kier molecular flexibility index (Phi) is 5.33. The SMILES string of the molecule is COC(=O)C(C)CSc1ccc(C#N)c(Cl)c1. The van der Waals surface area contributed by atoms with Gasteiger partial charge in [0.15, 0.2) is 0 Å². The topological polar surface area (TPSA) is 50.1 Å². The number of benzene rings is 1. The van der Waals surface area contributed by atoms with Gasteiger partial charge in [0.2, 0.25) is 0 Å². The summed E-state index contributed by atoms with van der Waals surface area (Å²) in [5, 5.41) is 9.16. The molecular weight excluding hydrogens is 258 g/mol. The summed E-state index contributed by atoms with van der Waals surface area (Å²) in [6, 6.07) is 7.22. The van der Waals surface area contributed by atoms with Crippen LogP contribution in [0.5, 0.6) is 0 Å². The predicted molar refractivity (Wildman–Crippen MR) is 68.1 cm³/mol. The van der Waals surface area contributed by atoms with Gasteiger partial charge in [-0.1, -0.05) is 18.5 Å². The standard InChI is InChI=1S/C12H12ClNO2S/c1-8(12(15)16-2)7-17-10-4-3-9(6-14)11(13)5-10/h3-5,8H,7H2,1-2H3. The van der Waals surface area contributed by atoms with Gasteiger partial charge in [0.1, 0.15) is 6.07 Å². The van der Waals surface area contributed by atoms with Gasteiger partial charge in [-0.05, 0) is 18.2 Å². The molecule has 0 saturated carbocycles. The van der Waals surface area contributed by atoms with Crippen LogP contribution in [0.25, 0.3) is 0 Å². The third-order valence-electron chi connectivity index (χ3n) is 2.16. The van der Waals surface area contributed by atoms with Crippen LogP contribution in [0.15, 0.2) is 23.1 Å². The Morgan fingerprint density at radius 3 is 2.88 bits per heavy atom. The van der Waals surface area contributed by atoms with Crippen molar-refractivity contribution < 1.29 is 9.53 Å². The number of rotatable bonds is 4. The monoisotopic (exact) mass is 269 g/mol. The summed E-state index contributed by atoms with van der Waals surface area (Å²) in [5.74, 6) is 0.228. The van der Waals surface area contributed by atoms with Crippen molar-refractivity contribution in [1.82, 2.24) is 0 Å². The second-order valence-corrected chi connectivity index (χ2v) is 4.99. The second kappa shape index (κ2) is 6.53. The first-order valence-electron chi connectivity index (χ1n) is 4.98. The van der Waals surface area contributed by atoms with E-state index >= 15 is 0 Å². The molecule has 17 heavy (non-hydrogen) atoms. The fourth-order valence-corrected chi connectivity index (χ4v) is 2.40. The number of hydrogen-bond acceptors (Lipinski definition) is 4. The van der Waals surface area contributed by atoms with Crippen molar-refractivity contribution >= 4 is 29.3 Å². The van der Waals surface area contributed by atoms with Gasteiger partial charge in [0.05, 0.1) is 23.6 Å². The Hall–Kier alpha value is -1.18.